The molecule has 3 aromatic carbocycles. The molecule has 42 heavy (non-hydrogen) atoms. The monoisotopic (exact) mass is 634 g/mol. The highest BCUT2D eigenvalue weighted by molar-refractivity contribution is 7.92. The zero-order valence-corrected chi connectivity index (χ0v) is 25.7. The molecule has 224 valence electrons. The van der Waals surface area contributed by atoms with Gasteiger partial charge in [-0.3, -0.25) is 24.0 Å². The normalized spacial score (nSPS) is 12.7. The standard InChI is InChI=1S/C29H32Cl2N4O6S/c1-4-20(3)32-29(37)27(5-2)33(18-21-11-16-25(30)26(31)17-21)28(36)19-34(22-12-14-23(15-13-22)35(38)39)42(40,41)24-9-7-6-8-10-24/h6-17,20,27H,4-5,18-19H2,1-3H3,(H,32,37). The van der Waals surface area contributed by atoms with Crippen molar-refractivity contribution in [2.75, 3.05) is 10.8 Å². The van der Waals surface area contributed by atoms with Crippen molar-refractivity contribution in [1.82, 2.24) is 10.2 Å². The Bertz CT molecular complexity index is 1520. The lowest BCUT2D eigenvalue weighted by Gasteiger charge is -2.33. The predicted octanol–water partition coefficient (Wildman–Crippen LogP) is 5.82. The minimum absolute atomic E-state index is 0.0457. The maximum atomic E-state index is 14.1. The first-order chi connectivity index (χ1) is 19.9. The van der Waals surface area contributed by atoms with Crippen LogP contribution in [0.5, 0.6) is 0 Å². The van der Waals surface area contributed by atoms with E-state index in [4.69, 9.17) is 23.2 Å². The van der Waals surface area contributed by atoms with Crippen molar-refractivity contribution in [3.63, 3.8) is 0 Å². The molecule has 0 aliphatic heterocycles. The lowest BCUT2D eigenvalue weighted by atomic mass is 10.1. The number of benzene rings is 3. The lowest BCUT2D eigenvalue weighted by molar-refractivity contribution is -0.384. The molecule has 10 nitrogen and oxygen atoms in total. The number of non-ortho nitro benzene ring substituents is 1. The second-order valence-corrected chi connectivity index (χ2v) is 12.3. The summed E-state index contributed by atoms with van der Waals surface area (Å²) in [6.07, 6.45) is 0.921. The average molecular weight is 636 g/mol. The van der Waals surface area contributed by atoms with Crippen molar-refractivity contribution in [2.45, 2.75) is 57.1 Å². The van der Waals surface area contributed by atoms with Gasteiger partial charge in [0.2, 0.25) is 11.8 Å². The summed E-state index contributed by atoms with van der Waals surface area (Å²) in [5.41, 5.74) is 0.390. The number of sulfonamides is 1. The zero-order valence-electron chi connectivity index (χ0n) is 23.4. The molecule has 3 aromatic rings. The molecular weight excluding hydrogens is 603 g/mol. The highest BCUT2D eigenvalue weighted by atomic mass is 35.5. The molecule has 0 aliphatic rings. The van der Waals surface area contributed by atoms with Crippen LogP contribution in [-0.2, 0) is 26.2 Å². The molecule has 2 amide bonds. The van der Waals surface area contributed by atoms with Crippen molar-refractivity contribution >= 4 is 56.4 Å². The topological polar surface area (TPSA) is 130 Å². The number of carbonyl (C=O) groups is 2. The van der Waals surface area contributed by atoms with Gasteiger partial charge in [-0.1, -0.05) is 61.3 Å². The highest BCUT2D eigenvalue weighted by Gasteiger charge is 2.34. The van der Waals surface area contributed by atoms with Gasteiger partial charge in [0.05, 0.1) is 25.6 Å². The molecule has 0 spiro atoms. The second-order valence-electron chi connectivity index (χ2n) is 9.61. The van der Waals surface area contributed by atoms with E-state index in [2.05, 4.69) is 5.32 Å². The predicted molar refractivity (Wildman–Crippen MR) is 163 cm³/mol. The van der Waals surface area contributed by atoms with Gasteiger partial charge in [0, 0.05) is 24.7 Å². The lowest BCUT2D eigenvalue weighted by Crippen LogP contribution is -2.53. The van der Waals surface area contributed by atoms with Crippen LogP contribution >= 0.6 is 23.2 Å². The molecule has 0 heterocycles. The summed E-state index contributed by atoms with van der Waals surface area (Å²) in [5, 5.41) is 14.7. The summed E-state index contributed by atoms with van der Waals surface area (Å²) in [7, 11) is -4.30. The zero-order chi connectivity index (χ0) is 31.0. The number of rotatable bonds is 13. The van der Waals surface area contributed by atoms with Crippen molar-refractivity contribution in [3.8, 4) is 0 Å². The van der Waals surface area contributed by atoms with Crippen LogP contribution in [0.3, 0.4) is 0 Å². The van der Waals surface area contributed by atoms with Gasteiger partial charge in [0.15, 0.2) is 0 Å². The molecule has 0 aromatic heterocycles. The van der Waals surface area contributed by atoms with Crippen LogP contribution in [0.1, 0.15) is 39.2 Å². The molecule has 0 bridgehead atoms. The summed E-state index contributed by atoms with van der Waals surface area (Å²) in [4.78, 5) is 39.2. The summed E-state index contributed by atoms with van der Waals surface area (Å²) in [6.45, 7) is 4.79. The quantitative estimate of drug-likeness (QED) is 0.186. The smallest absolute Gasteiger partial charge is 0.269 e. The molecular formula is C29H32Cl2N4O6S. The van der Waals surface area contributed by atoms with Gasteiger partial charge in [-0.05, 0) is 61.7 Å². The van der Waals surface area contributed by atoms with Crippen LogP contribution in [-0.4, -0.2) is 48.7 Å². The number of carbonyl (C=O) groups excluding carboxylic acids is 2. The van der Waals surface area contributed by atoms with E-state index in [1.54, 1.807) is 43.3 Å². The maximum Gasteiger partial charge on any atom is 0.269 e. The number of nitro benzene ring substituents is 1. The number of hydrogen-bond donors (Lipinski definition) is 1. The number of nitro groups is 1. The van der Waals surface area contributed by atoms with Crippen LogP contribution in [0.4, 0.5) is 11.4 Å². The summed E-state index contributed by atoms with van der Waals surface area (Å²) >= 11 is 12.3. The number of anilines is 1. The Labute approximate surface area is 255 Å². The van der Waals surface area contributed by atoms with Crippen LogP contribution in [0, 0.1) is 10.1 Å². The molecule has 0 saturated heterocycles. The van der Waals surface area contributed by atoms with Crippen LogP contribution in [0.15, 0.2) is 77.7 Å². The Morgan fingerprint density at radius 3 is 2.14 bits per heavy atom. The third-order valence-corrected chi connectivity index (χ3v) is 9.21. The van der Waals surface area contributed by atoms with E-state index in [1.807, 2.05) is 13.8 Å². The number of halogens is 2. The fourth-order valence-electron chi connectivity index (χ4n) is 4.18. The van der Waals surface area contributed by atoms with E-state index < -0.39 is 33.4 Å². The summed E-state index contributed by atoms with van der Waals surface area (Å²) in [6, 6.07) is 16.1. The third-order valence-electron chi connectivity index (χ3n) is 6.68. The summed E-state index contributed by atoms with van der Waals surface area (Å²) < 4.78 is 28.5. The van der Waals surface area contributed by atoms with E-state index in [9.17, 15) is 28.1 Å². The highest BCUT2D eigenvalue weighted by Crippen LogP contribution is 2.28. The largest absolute Gasteiger partial charge is 0.352 e. The molecule has 0 fully saturated rings. The Kier molecular flexibility index (Phi) is 11.3. The first kappa shape index (κ1) is 32.8. The fraction of sp³-hybridized carbons (Fsp3) is 0.310. The number of nitrogens with zero attached hydrogens (tertiary/aromatic N) is 3. The first-order valence-electron chi connectivity index (χ1n) is 13.2. The molecule has 3 rings (SSSR count). The Morgan fingerprint density at radius 2 is 1.60 bits per heavy atom. The SMILES string of the molecule is CCC(C)NC(=O)C(CC)N(Cc1ccc(Cl)c(Cl)c1)C(=O)CN(c1ccc([N+](=O)[O-])cc1)S(=O)(=O)c1ccccc1. The average Bonchev–Trinajstić information content (AvgIpc) is 2.97. The molecule has 0 aliphatic carbocycles. The van der Waals surface area contributed by atoms with Gasteiger partial charge in [0.1, 0.15) is 12.6 Å². The van der Waals surface area contributed by atoms with Gasteiger partial charge in [-0.2, -0.15) is 0 Å². The number of amides is 2. The number of hydrogen-bond acceptors (Lipinski definition) is 6. The third kappa shape index (κ3) is 7.99. The minimum atomic E-state index is -4.30. The molecule has 13 heteroatoms. The van der Waals surface area contributed by atoms with Crippen molar-refractivity contribution in [2.24, 2.45) is 0 Å². The Morgan fingerprint density at radius 1 is 0.952 bits per heavy atom. The van der Waals surface area contributed by atoms with E-state index in [-0.39, 0.29) is 46.2 Å². The molecule has 0 saturated carbocycles. The van der Waals surface area contributed by atoms with Crippen molar-refractivity contribution < 1.29 is 22.9 Å². The van der Waals surface area contributed by atoms with Crippen LogP contribution < -0.4 is 9.62 Å². The van der Waals surface area contributed by atoms with Gasteiger partial charge in [-0.15, -0.1) is 0 Å². The van der Waals surface area contributed by atoms with Crippen LogP contribution in [0.2, 0.25) is 10.0 Å². The van der Waals surface area contributed by atoms with Crippen molar-refractivity contribution in [3.05, 3.63) is 98.5 Å². The second kappa shape index (κ2) is 14.5. The van der Waals surface area contributed by atoms with Gasteiger partial charge in [-0.25, -0.2) is 8.42 Å². The Balaban J connectivity index is 2.08. The van der Waals surface area contributed by atoms with E-state index >= 15 is 0 Å². The maximum absolute atomic E-state index is 14.1. The summed E-state index contributed by atoms with van der Waals surface area (Å²) in [5.74, 6) is -1.04. The van der Waals surface area contributed by atoms with Gasteiger partial charge < -0.3 is 10.2 Å². The molecule has 0 radical (unpaired) electrons. The molecule has 1 N–H and O–H groups in total. The fourth-order valence-corrected chi connectivity index (χ4v) is 5.94. The first-order valence-corrected chi connectivity index (χ1v) is 15.4. The van der Waals surface area contributed by atoms with E-state index in [1.165, 1.54) is 29.2 Å². The van der Waals surface area contributed by atoms with Crippen molar-refractivity contribution in [1.29, 1.82) is 0 Å². The van der Waals surface area contributed by atoms with Gasteiger partial charge in [0.25, 0.3) is 15.7 Å². The minimum Gasteiger partial charge on any atom is -0.352 e. The Hall–Kier alpha value is -3.67. The number of nitrogens with one attached hydrogen (secondary N) is 1. The van der Waals surface area contributed by atoms with Gasteiger partial charge >= 0.3 is 0 Å². The van der Waals surface area contributed by atoms with E-state index in [0.717, 1.165) is 16.4 Å². The molecule has 2 atom stereocenters. The van der Waals surface area contributed by atoms with E-state index in [0.29, 0.717) is 17.0 Å². The molecule has 2 unspecified atom stereocenters. The van der Waals surface area contributed by atoms with Crippen LogP contribution in [0.25, 0.3) is 0 Å².